The first-order chi connectivity index (χ1) is 5.47. The van der Waals surface area contributed by atoms with Crippen LogP contribution in [0.5, 0.6) is 0 Å². The van der Waals surface area contributed by atoms with E-state index in [0.29, 0.717) is 0 Å². The van der Waals surface area contributed by atoms with Crippen LogP contribution in [0.15, 0.2) is 0 Å². The summed E-state index contributed by atoms with van der Waals surface area (Å²) in [6, 6.07) is 0. The molecule has 76 valence electrons. The number of rotatable bonds is 2. The van der Waals surface area contributed by atoms with Gasteiger partial charge in [-0.2, -0.15) is 0 Å². The Bertz CT molecular complexity index is 276. The van der Waals surface area contributed by atoms with E-state index in [9.17, 15) is 8.42 Å². The van der Waals surface area contributed by atoms with E-state index in [2.05, 4.69) is 15.4 Å². The second kappa shape index (κ2) is 11.1. The Balaban J connectivity index is -0.000000173. The van der Waals surface area contributed by atoms with Crippen LogP contribution in [-0.2, 0) is 10.0 Å². The van der Waals surface area contributed by atoms with Crippen LogP contribution >= 0.6 is 12.4 Å². The van der Waals surface area contributed by atoms with Crippen molar-refractivity contribution in [1.82, 2.24) is 4.72 Å². The van der Waals surface area contributed by atoms with Gasteiger partial charge in [0.15, 0.2) is 0 Å². The fourth-order valence-corrected chi connectivity index (χ4v) is 0.449. The molecule has 0 aromatic heterocycles. The van der Waals surface area contributed by atoms with Crippen LogP contribution in [0.2, 0.25) is 0 Å². The lowest BCUT2D eigenvalue weighted by molar-refractivity contribution is 0.591. The molecule has 0 aromatic rings. The molecule has 0 fully saturated rings. The number of nitrogens with two attached hydrogens (primary N) is 1. The maximum Gasteiger partial charge on any atom is 0.280 e. The molecule has 0 heterocycles. The van der Waals surface area contributed by atoms with Gasteiger partial charge >= 0.3 is 0 Å². The molecule has 0 saturated heterocycles. The van der Waals surface area contributed by atoms with E-state index < -0.39 is 10.0 Å². The summed E-state index contributed by atoms with van der Waals surface area (Å²) in [6.45, 7) is 12.1. The zero-order valence-electron chi connectivity index (χ0n) is 7.02. The topological polar surface area (TPSA) is 80.9 Å². The fraction of sp³-hybridized carbons (Fsp3) is 0.600. The average Bonchev–Trinajstić information content (AvgIpc) is 2.00. The molecule has 0 spiro atoms. The van der Waals surface area contributed by atoms with E-state index in [4.69, 9.17) is 13.1 Å². The largest absolute Gasteiger partial charge is 0.300 e. The summed E-state index contributed by atoms with van der Waals surface area (Å²) >= 11 is 0. The molecule has 0 aliphatic carbocycles. The SMILES string of the molecule is Cl.[C-]#[N+]CN.[C-]#[N+]CNS(C)(=O)=O. The number of hydrogen-bond donors (Lipinski definition) is 2. The molecular formula is C5H11ClN4O2S. The summed E-state index contributed by atoms with van der Waals surface area (Å²) in [6.07, 6.45) is 1.01. The lowest BCUT2D eigenvalue weighted by Crippen LogP contribution is -2.20. The highest BCUT2D eigenvalue weighted by Crippen LogP contribution is 1.70. The lowest BCUT2D eigenvalue weighted by atomic mass is 11.2. The summed E-state index contributed by atoms with van der Waals surface area (Å²) in [5.74, 6) is 0. The molecule has 0 aromatic carbocycles. The zero-order valence-corrected chi connectivity index (χ0v) is 8.65. The third-order valence-electron chi connectivity index (χ3n) is 0.497. The fourth-order valence-electron chi connectivity index (χ4n) is 0.150. The molecule has 0 amide bonds. The highest BCUT2D eigenvalue weighted by Gasteiger charge is 1.97. The normalized spacial score (nSPS) is 8.00. The number of hydrogen-bond acceptors (Lipinski definition) is 3. The quantitative estimate of drug-likeness (QED) is 0.632. The van der Waals surface area contributed by atoms with Gasteiger partial charge in [-0.05, 0) is 0 Å². The predicted octanol–water partition coefficient (Wildman–Crippen LogP) is -0.344. The standard InChI is InChI=1S/C3H6N2O2S.C2H4N2.ClH/c1-4-3-5-8(2,6)7;1-4-2-3;/h5H,3H2,2H3;2-3H2;1H. The molecule has 0 saturated carbocycles. The first-order valence-electron chi connectivity index (χ1n) is 2.79. The van der Waals surface area contributed by atoms with Crippen molar-refractivity contribution in [1.29, 1.82) is 0 Å². The Morgan fingerprint density at radius 2 is 1.77 bits per heavy atom. The first-order valence-corrected chi connectivity index (χ1v) is 4.68. The highest BCUT2D eigenvalue weighted by atomic mass is 35.5. The molecule has 0 atom stereocenters. The lowest BCUT2D eigenvalue weighted by Gasteiger charge is -1.87. The minimum atomic E-state index is -3.15. The molecule has 0 rings (SSSR count). The minimum absolute atomic E-state index is 0. The molecular weight excluding hydrogens is 216 g/mol. The van der Waals surface area contributed by atoms with Gasteiger partial charge in [0, 0.05) is 0 Å². The minimum Gasteiger partial charge on any atom is -0.300 e. The zero-order chi connectivity index (χ0) is 10.0. The van der Waals surface area contributed by atoms with Crippen molar-refractivity contribution in [2.75, 3.05) is 19.6 Å². The van der Waals surface area contributed by atoms with E-state index in [1.807, 2.05) is 4.72 Å². The van der Waals surface area contributed by atoms with E-state index in [1.54, 1.807) is 0 Å². The summed E-state index contributed by atoms with van der Waals surface area (Å²) < 4.78 is 22.3. The van der Waals surface area contributed by atoms with Gasteiger partial charge in [-0.25, -0.2) is 21.6 Å². The Hall–Kier alpha value is -0.860. The van der Waals surface area contributed by atoms with Crippen molar-refractivity contribution >= 4 is 22.4 Å². The van der Waals surface area contributed by atoms with Gasteiger partial charge in [-0.15, -0.1) is 17.1 Å². The Kier molecular flexibility index (Phi) is 15.5. The van der Waals surface area contributed by atoms with Crippen LogP contribution in [-0.4, -0.2) is 28.0 Å². The van der Waals surface area contributed by atoms with Crippen molar-refractivity contribution in [2.45, 2.75) is 0 Å². The van der Waals surface area contributed by atoms with Crippen LogP contribution in [0.1, 0.15) is 0 Å². The number of sulfonamides is 1. The number of nitrogens with zero attached hydrogens (tertiary/aromatic N) is 2. The summed E-state index contributed by atoms with van der Waals surface area (Å²) in [7, 11) is -3.15. The van der Waals surface area contributed by atoms with Gasteiger partial charge in [-0.3, -0.25) is 15.4 Å². The van der Waals surface area contributed by atoms with Crippen LogP contribution in [0, 0.1) is 13.1 Å². The van der Waals surface area contributed by atoms with Crippen molar-refractivity contribution in [3.8, 4) is 0 Å². The van der Waals surface area contributed by atoms with E-state index in [-0.39, 0.29) is 25.7 Å². The monoisotopic (exact) mass is 226 g/mol. The Morgan fingerprint density at radius 1 is 1.38 bits per heavy atom. The maximum absolute atomic E-state index is 10.1. The van der Waals surface area contributed by atoms with Gasteiger partial charge in [0.05, 0.1) is 6.26 Å². The predicted molar refractivity (Wildman–Crippen MR) is 52.4 cm³/mol. The van der Waals surface area contributed by atoms with Crippen molar-refractivity contribution in [2.24, 2.45) is 5.73 Å². The second-order valence-electron chi connectivity index (χ2n) is 1.57. The van der Waals surface area contributed by atoms with Crippen LogP contribution < -0.4 is 10.5 Å². The molecule has 6 nitrogen and oxygen atoms in total. The van der Waals surface area contributed by atoms with Crippen molar-refractivity contribution in [3.05, 3.63) is 22.8 Å². The van der Waals surface area contributed by atoms with E-state index >= 15 is 0 Å². The van der Waals surface area contributed by atoms with Crippen LogP contribution in [0.3, 0.4) is 0 Å². The van der Waals surface area contributed by atoms with Gasteiger partial charge < -0.3 is 0 Å². The number of halogens is 1. The molecule has 8 heteroatoms. The highest BCUT2D eigenvalue weighted by molar-refractivity contribution is 7.88. The maximum atomic E-state index is 10.1. The molecule has 0 bridgehead atoms. The number of nitrogens with one attached hydrogen (secondary N) is 1. The molecule has 3 N–H and O–H groups in total. The summed E-state index contributed by atoms with van der Waals surface area (Å²) in [5, 5.41) is 0. The van der Waals surface area contributed by atoms with Gasteiger partial charge in [-0.1, -0.05) is 0 Å². The third kappa shape index (κ3) is 35.2. The van der Waals surface area contributed by atoms with Gasteiger partial charge in [0.25, 0.3) is 13.3 Å². The Morgan fingerprint density at radius 3 is 1.85 bits per heavy atom. The van der Waals surface area contributed by atoms with Gasteiger partial charge in [0.1, 0.15) is 0 Å². The summed E-state index contributed by atoms with van der Waals surface area (Å²) in [4.78, 5) is 5.54. The molecule has 13 heavy (non-hydrogen) atoms. The molecule has 0 aliphatic rings. The van der Waals surface area contributed by atoms with E-state index in [0.717, 1.165) is 6.26 Å². The van der Waals surface area contributed by atoms with Crippen LogP contribution in [0.25, 0.3) is 9.69 Å². The first kappa shape index (κ1) is 18.0. The molecule has 0 unspecified atom stereocenters. The smallest absolute Gasteiger partial charge is 0.280 e. The second-order valence-corrected chi connectivity index (χ2v) is 3.41. The van der Waals surface area contributed by atoms with E-state index in [1.165, 1.54) is 0 Å². The Labute approximate surface area is 84.2 Å². The summed E-state index contributed by atoms with van der Waals surface area (Å²) in [5.41, 5.74) is 4.67. The molecule has 0 aliphatic heterocycles. The molecule has 0 radical (unpaired) electrons. The van der Waals surface area contributed by atoms with Crippen LogP contribution in [0.4, 0.5) is 0 Å². The van der Waals surface area contributed by atoms with Crippen molar-refractivity contribution < 1.29 is 8.42 Å². The van der Waals surface area contributed by atoms with Gasteiger partial charge in [0.2, 0.25) is 10.0 Å². The van der Waals surface area contributed by atoms with Crippen molar-refractivity contribution in [3.63, 3.8) is 0 Å². The third-order valence-corrected chi connectivity index (χ3v) is 1.15. The average molecular weight is 227 g/mol.